The molecule has 0 unspecified atom stereocenters. The maximum absolute atomic E-state index is 12.0. The van der Waals surface area contributed by atoms with Crippen molar-refractivity contribution >= 4 is 34.6 Å². The van der Waals surface area contributed by atoms with E-state index in [0.29, 0.717) is 27.6 Å². The lowest BCUT2D eigenvalue weighted by Gasteiger charge is -2.09. The number of nitrogen functional groups attached to an aromatic ring is 2. The Labute approximate surface area is 110 Å². The van der Waals surface area contributed by atoms with Gasteiger partial charge in [0.1, 0.15) is 0 Å². The van der Waals surface area contributed by atoms with Gasteiger partial charge >= 0.3 is 0 Å². The van der Waals surface area contributed by atoms with E-state index in [1.54, 1.807) is 36.4 Å². The normalized spacial score (nSPS) is 10.1. The second-order valence-electron chi connectivity index (χ2n) is 3.78. The Morgan fingerprint density at radius 1 is 1.11 bits per heavy atom. The van der Waals surface area contributed by atoms with Gasteiger partial charge < -0.3 is 16.8 Å². The summed E-state index contributed by atoms with van der Waals surface area (Å²) in [5, 5.41) is 3.00. The number of carbonyl (C=O) groups excluding carboxylic acids is 1. The van der Waals surface area contributed by atoms with E-state index in [0.717, 1.165) is 0 Å². The lowest BCUT2D eigenvalue weighted by Crippen LogP contribution is -2.13. The van der Waals surface area contributed by atoms with Crippen LogP contribution in [0.1, 0.15) is 10.4 Å². The Hall–Kier alpha value is -2.20. The van der Waals surface area contributed by atoms with Gasteiger partial charge in [-0.15, -0.1) is 0 Å². The maximum atomic E-state index is 12.0. The van der Waals surface area contributed by atoms with Crippen LogP contribution in [0.3, 0.4) is 0 Å². The molecule has 0 atom stereocenters. The van der Waals surface area contributed by atoms with E-state index >= 15 is 0 Å². The molecule has 2 aromatic carbocycles. The number of halogens is 1. The maximum Gasteiger partial charge on any atom is 0.257 e. The van der Waals surface area contributed by atoms with Crippen molar-refractivity contribution in [3.63, 3.8) is 0 Å². The zero-order chi connectivity index (χ0) is 13.1. The second kappa shape index (κ2) is 4.98. The molecule has 0 fully saturated rings. The number of benzene rings is 2. The molecule has 2 rings (SSSR count). The fourth-order valence-electron chi connectivity index (χ4n) is 1.52. The van der Waals surface area contributed by atoms with E-state index in [9.17, 15) is 4.79 Å². The molecule has 0 aromatic heterocycles. The number of carbonyl (C=O) groups is 1. The summed E-state index contributed by atoms with van der Waals surface area (Å²) in [5.41, 5.74) is 13.2. The van der Waals surface area contributed by atoms with Gasteiger partial charge in [-0.25, -0.2) is 0 Å². The van der Waals surface area contributed by atoms with E-state index in [-0.39, 0.29) is 5.91 Å². The van der Waals surface area contributed by atoms with Gasteiger partial charge in [0, 0.05) is 5.69 Å². The van der Waals surface area contributed by atoms with Crippen molar-refractivity contribution in [1.29, 1.82) is 0 Å². The van der Waals surface area contributed by atoms with Crippen LogP contribution in [0.15, 0.2) is 42.5 Å². The standard InChI is InChI=1S/C13H12ClN3O/c14-10-7-8(15)5-6-9(10)13(18)17-12-4-2-1-3-11(12)16/h1-7H,15-16H2,(H,17,18). The van der Waals surface area contributed by atoms with Crippen LogP contribution in [0.25, 0.3) is 0 Å². The SMILES string of the molecule is Nc1ccc(C(=O)Nc2ccccc2N)c(Cl)c1. The van der Waals surface area contributed by atoms with Crippen molar-refractivity contribution in [2.24, 2.45) is 0 Å². The smallest absolute Gasteiger partial charge is 0.257 e. The summed E-state index contributed by atoms with van der Waals surface area (Å²) in [6.45, 7) is 0. The number of amides is 1. The number of nitrogens with two attached hydrogens (primary N) is 2. The van der Waals surface area contributed by atoms with Crippen molar-refractivity contribution < 1.29 is 4.79 Å². The van der Waals surface area contributed by atoms with E-state index in [2.05, 4.69) is 5.32 Å². The van der Waals surface area contributed by atoms with Crippen molar-refractivity contribution in [3.05, 3.63) is 53.1 Å². The minimum absolute atomic E-state index is 0.307. The highest BCUT2D eigenvalue weighted by molar-refractivity contribution is 6.34. The average Bonchev–Trinajstić information content (AvgIpc) is 2.32. The van der Waals surface area contributed by atoms with Crippen LogP contribution in [-0.2, 0) is 0 Å². The number of rotatable bonds is 2. The summed E-state index contributed by atoms with van der Waals surface area (Å²) < 4.78 is 0. The van der Waals surface area contributed by atoms with Crippen molar-refractivity contribution in [3.8, 4) is 0 Å². The second-order valence-corrected chi connectivity index (χ2v) is 4.19. The van der Waals surface area contributed by atoms with Gasteiger partial charge in [-0.2, -0.15) is 0 Å². The van der Waals surface area contributed by atoms with Crippen LogP contribution < -0.4 is 16.8 Å². The van der Waals surface area contributed by atoms with Crippen LogP contribution >= 0.6 is 11.6 Å². The molecule has 5 heteroatoms. The minimum Gasteiger partial charge on any atom is -0.399 e. The first kappa shape index (κ1) is 12.3. The zero-order valence-electron chi connectivity index (χ0n) is 9.48. The lowest BCUT2D eigenvalue weighted by atomic mass is 10.2. The molecule has 0 aliphatic rings. The van der Waals surface area contributed by atoms with Gasteiger partial charge in [-0.3, -0.25) is 4.79 Å². The molecule has 0 bridgehead atoms. The van der Waals surface area contributed by atoms with Crippen LogP contribution in [0.2, 0.25) is 5.02 Å². The van der Waals surface area contributed by atoms with Gasteiger partial charge in [0.2, 0.25) is 0 Å². The fourth-order valence-corrected chi connectivity index (χ4v) is 1.79. The average molecular weight is 262 g/mol. The predicted molar refractivity (Wildman–Crippen MR) is 74.7 cm³/mol. The summed E-state index contributed by atoms with van der Waals surface area (Å²) in [5.74, 6) is -0.321. The molecule has 2 aromatic rings. The van der Waals surface area contributed by atoms with Crippen LogP contribution in [-0.4, -0.2) is 5.91 Å². The van der Waals surface area contributed by atoms with Gasteiger partial charge in [0.15, 0.2) is 0 Å². The Morgan fingerprint density at radius 2 is 1.83 bits per heavy atom. The van der Waals surface area contributed by atoms with Crippen LogP contribution in [0.4, 0.5) is 17.1 Å². The minimum atomic E-state index is -0.321. The van der Waals surface area contributed by atoms with Crippen LogP contribution in [0.5, 0.6) is 0 Å². The summed E-state index contributed by atoms with van der Waals surface area (Å²) in [4.78, 5) is 12.0. The van der Waals surface area contributed by atoms with Gasteiger partial charge in [0.05, 0.1) is 22.0 Å². The number of para-hydroxylation sites is 2. The third-order valence-corrected chi connectivity index (χ3v) is 2.76. The van der Waals surface area contributed by atoms with E-state index in [1.807, 2.05) is 0 Å². The molecular weight excluding hydrogens is 250 g/mol. The lowest BCUT2D eigenvalue weighted by molar-refractivity contribution is 0.102. The Bertz CT molecular complexity index is 599. The zero-order valence-corrected chi connectivity index (χ0v) is 10.2. The first-order valence-electron chi connectivity index (χ1n) is 5.29. The third-order valence-electron chi connectivity index (χ3n) is 2.45. The number of hydrogen-bond donors (Lipinski definition) is 3. The van der Waals surface area contributed by atoms with Gasteiger partial charge in [-0.1, -0.05) is 23.7 Å². The molecule has 4 nitrogen and oxygen atoms in total. The summed E-state index contributed by atoms with van der Waals surface area (Å²) >= 11 is 5.96. The summed E-state index contributed by atoms with van der Waals surface area (Å²) in [6.07, 6.45) is 0. The molecular formula is C13H12ClN3O. The Kier molecular flexibility index (Phi) is 3.39. The molecule has 0 saturated heterocycles. The van der Waals surface area contributed by atoms with Gasteiger partial charge in [0.25, 0.3) is 5.91 Å². The number of anilines is 3. The highest BCUT2D eigenvalue weighted by Crippen LogP contribution is 2.22. The van der Waals surface area contributed by atoms with E-state index in [4.69, 9.17) is 23.1 Å². The van der Waals surface area contributed by atoms with Crippen LogP contribution in [0, 0.1) is 0 Å². The summed E-state index contributed by atoms with van der Waals surface area (Å²) in [7, 11) is 0. The largest absolute Gasteiger partial charge is 0.399 e. The first-order valence-corrected chi connectivity index (χ1v) is 5.66. The Morgan fingerprint density at radius 3 is 2.50 bits per heavy atom. The van der Waals surface area contributed by atoms with E-state index in [1.165, 1.54) is 6.07 Å². The van der Waals surface area contributed by atoms with Crippen molar-refractivity contribution in [1.82, 2.24) is 0 Å². The molecule has 92 valence electrons. The monoisotopic (exact) mass is 261 g/mol. The fraction of sp³-hybridized carbons (Fsp3) is 0. The first-order chi connectivity index (χ1) is 8.58. The molecule has 18 heavy (non-hydrogen) atoms. The molecule has 0 spiro atoms. The van der Waals surface area contributed by atoms with Gasteiger partial charge in [-0.05, 0) is 30.3 Å². The molecule has 1 amide bonds. The molecule has 0 aliphatic carbocycles. The predicted octanol–water partition coefficient (Wildman–Crippen LogP) is 2.76. The number of hydrogen-bond acceptors (Lipinski definition) is 3. The third kappa shape index (κ3) is 2.55. The molecule has 5 N–H and O–H groups in total. The summed E-state index contributed by atoms with van der Waals surface area (Å²) in [6, 6.07) is 11.7. The molecule has 0 heterocycles. The van der Waals surface area contributed by atoms with E-state index < -0.39 is 0 Å². The quantitative estimate of drug-likeness (QED) is 0.727. The molecule has 0 aliphatic heterocycles. The number of nitrogens with one attached hydrogen (secondary N) is 1. The molecule has 0 radical (unpaired) electrons. The molecule has 0 saturated carbocycles. The van der Waals surface area contributed by atoms with Crippen molar-refractivity contribution in [2.45, 2.75) is 0 Å². The highest BCUT2D eigenvalue weighted by atomic mass is 35.5. The topological polar surface area (TPSA) is 81.1 Å². The highest BCUT2D eigenvalue weighted by Gasteiger charge is 2.11. The van der Waals surface area contributed by atoms with Crippen molar-refractivity contribution in [2.75, 3.05) is 16.8 Å². The Balaban J connectivity index is 2.25.